The molecular formula is C29H35N3O8. The Balaban J connectivity index is 1.55. The van der Waals surface area contributed by atoms with Gasteiger partial charge < -0.3 is 24.6 Å². The van der Waals surface area contributed by atoms with E-state index < -0.39 is 34.8 Å². The van der Waals surface area contributed by atoms with Crippen molar-refractivity contribution in [2.75, 3.05) is 33.4 Å². The molecule has 11 heteroatoms. The van der Waals surface area contributed by atoms with Gasteiger partial charge in [-0.15, -0.1) is 0 Å². The molecule has 0 saturated heterocycles. The van der Waals surface area contributed by atoms with Crippen LogP contribution in [0.4, 0.5) is 5.69 Å². The second-order valence-electron chi connectivity index (χ2n) is 9.41. The maximum Gasteiger partial charge on any atom is 0.336 e. The van der Waals surface area contributed by atoms with Gasteiger partial charge in [0.25, 0.3) is 5.69 Å². The number of hydrogen-bond acceptors (Lipinski definition) is 10. The quantitative estimate of drug-likeness (QED) is 0.155. The van der Waals surface area contributed by atoms with Crippen molar-refractivity contribution in [2.24, 2.45) is 10.9 Å². The first-order chi connectivity index (χ1) is 19.2. The molecule has 3 atom stereocenters. The van der Waals surface area contributed by atoms with Crippen LogP contribution in [0.15, 0.2) is 70.9 Å². The van der Waals surface area contributed by atoms with E-state index in [0.29, 0.717) is 48.7 Å². The maximum atomic E-state index is 13.2. The summed E-state index contributed by atoms with van der Waals surface area (Å²) < 4.78 is 16.1. The van der Waals surface area contributed by atoms with Crippen LogP contribution in [-0.4, -0.2) is 67.2 Å². The molecule has 0 bridgehead atoms. The highest BCUT2D eigenvalue weighted by Crippen LogP contribution is 2.40. The van der Waals surface area contributed by atoms with Gasteiger partial charge in [-0.1, -0.05) is 30.3 Å². The van der Waals surface area contributed by atoms with Crippen molar-refractivity contribution in [3.8, 4) is 5.75 Å². The highest BCUT2D eigenvalue weighted by Gasteiger charge is 2.42. The third-order valence-corrected chi connectivity index (χ3v) is 6.49. The van der Waals surface area contributed by atoms with Gasteiger partial charge in [0, 0.05) is 36.0 Å². The summed E-state index contributed by atoms with van der Waals surface area (Å²) in [4.78, 5) is 41.2. The van der Waals surface area contributed by atoms with Gasteiger partial charge in [0.1, 0.15) is 24.4 Å². The number of para-hydroxylation sites is 1. The molecular weight excluding hydrogens is 518 g/mol. The van der Waals surface area contributed by atoms with Crippen LogP contribution in [0.2, 0.25) is 0 Å². The maximum absolute atomic E-state index is 13.2. The van der Waals surface area contributed by atoms with Gasteiger partial charge in [0.05, 0.1) is 24.2 Å². The Hall–Kier alpha value is -4.09. The summed E-state index contributed by atoms with van der Waals surface area (Å²) in [5.41, 5.74) is 1.26. The Kier molecular flexibility index (Phi) is 11.3. The Morgan fingerprint density at radius 2 is 1.88 bits per heavy atom. The predicted molar refractivity (Wildman–Crippen MR) is 148 cm³/mol. The van der Waals surface area contributed by atoms with Crippen molar-refractivity contribution in [1.29, 1.82) is 0 Å². The van der Waals surface area contributed by atoms with Gasteiger partial charge in [-0.05, 0) is 50.9 Å². The van der Waals surface area contributed by atoms with Crippen LogP contribution < -0.4 is 10.1 Å². The average molecular weight is 554 g/mol. The molecule has 1 aliphatic heterocycles. The first kappa shape index (κ1) is 30.5. The number of esters is 2. The Morgan fingerprint density at radius 3 is 2.58 bits per heavy atom. The lowest BCUT2D eigenvalue weighted by molar-refractivity contribution is -0.384. The topological polar surface area (TPSA) is 150 Å². The summed E-state index contributed by atoms with van der Waals surface area (Å²) in [5, 5.41) is 24.6. The second-order valence-corrected chi connectivity index (χ2v) is 9.41. The Labute approximate surface area is 233 Å². The number of rotatable bonds is 14. The van der Waals surface area contributed by atoms with Gasteiger partial charge in [0.15, 0.2) is 0 Å². The Morgan fingerprint density at radius 1 is 1.12 bits per heavy atom. The van der Waals surface area contributed by atoms with Crippen LogP contribution in [0.3, 0.4) is 0 Å². The molecule has 1 aliphatic rings. The van der Waals surface area contributed by atoms with Crippen LogP contribution >= 0.6 is 0 Å². The molecule has 3 rings (SSSR count). The van der Waals surface area contributed by atoms with Crippen LogP contribution in [0, 0.1) is 16.0 Å². The predicted octanol–water partition coefficient (Wildman–Crippen LogP) is 3.57. The summed E-state index contributed by atoms with van der Waals surface area (Å²) in [6, 6.07) is 15.1. The minimum atomic E-state index is -0.931. The fourth-order valence-electron chi connectivity index (χ4n) is 4.56. The molecule has 0 aromatic heterocycles. The zero-order valence-corrected chi connectivity index (χ0v) is 22.9. The van der Waals surface area contributed by atoms with E-state index in [9.17, 15) is 24.8 Å². The zero-order valence-electron chi connectivity index (χ0n) is 22.9. The number of ether oxygens (including phenoxy) is 3. The molecule has 2 N–H and O–H groups in total. The number of hydrogen-bond donors (Lipinski definition) is 2. The summed E-state index contributed by atoms with van der Waals surface area (Å²) in [6.45, 7) is 4.57. The van der Waals surface area contributed by atoms with E-state index in [1.807, 2.05) is 30.3 Å². The number of nitro groups is 1. The zero-order chi connectivity index (χ0) is 29.1. The third-order valence-electron chi connectivity index (χ3n) is 6.49. The van der Waals surface area contributed by atoms with E-state index >= 15 is 0 Å². The van der Waals surface area contributed by atoms with Crippen molar-refractivity contribution in [3.05, 3.63) is 81.5 Å². The molecule has 11 nitrogen and oxygen atoms in total. The summed E-state index contributed by atoms with van der Waals surface area (Å²) in [5.74, 6) is -2.32. The minimum absolute atomic E-state index is 0.129. The SMILES string of the molecule is COC(=O)C1C(C)=NC(C)=C(C(=O)OCCCCNCC(O)COc2ccccc2)C1c1cccc([N+](=O)[O-])c1. The van der Waals surface area contributed by atoms with E-state index in [2.05, 4.69) is 10.3 Å². The van der Waals surface area contributed by atoms with Crippen molar-refractivity contribution >= 4 is 23.3 Å². The second kappa shape index (κ2) is 14.9. The van der Waals surface area contributed by atoms with E-state index in [1.54, 1.807) is 19.9 Å². The van der Waals surface area contributed by atoms with E-state index in [-0.39, 0.29) is 24.5 Å². The summed E-state index contributed by atoms with van der Waals surface area (Å²) in [7, 11) is 1.24. The van der Waals surface area contributed by atoms with Crippen molar-refractivity contribution < 1.29 is 33.8 Å². The number of nitrogens with one attached hydrogen (secondary N) is 1. The highest BCUT2D eigenvalue weighted by molar-refractivity contribution is 6.07. The molecule has 2 aromatic carbocycles. The normalized spacial score (nSPS) is 17.6. The van der Waals surface area contributed by atoms with E-state index in [0.717, 1.165) is 0 Å². The molecule has 2 aromatic rings. The molecule has 0 fully saturated rings. The fraction of sp³-hybridized carbons (Fsp3) is 0.414. The molecule has 0 aliphatic carbocycles. The fourth-order valence-corrected chi connectivity index (χ4v) is 4.56. The largest absolute Gasteiger partial charge is 0.491 e. The van der Waals surface area contributed by atoms with Crippen molar-refractivity contribution in [3.63, 3.8) is 0 Å². The molecule has 3 unspecified atom stereocenters. The number of carbonyl (C=O) groups excluding carboxylic acids is 2. The number of unbranched alkanes of at least 4 members (excludes halogenated alkanes) is 1. The summed E-state index contributed by atoms with van der Waals surface area (Å²) in [6.07, 6.45) is 0.580. The number of nitrogens with zero attached hydrogens (tertiary/aromatic N) is 2. The monoisotopic (exact) mass is 553 g/mol. The molecule has 0 saturated carbocycles. The number of allylic oxidation sites excluding steroid dienone is 1. The van der Waals surface area contributed by atoms with Crippen LogP contribution in [0.1, 0.15) is 38.2 Å². The number of aliphatic imine (C=N–C) groups is 1. The van der Waals surface area contributed by atoms with Crippen LogP contribution in [-0.2, 0) is 19.1 Å². The first-order valence-corrected chi connectivity index (χ1v) is 13.0. The van der Waals surface area contributed by atoms with E-state index in [4.69, 9.17) is 14.2 Å². The van der Waals surface area contributed by atoms with Crippen LogP contribution in [0.25, 0.3) is 0 Å². The van der Waals surface area contributed by atoms with Crippen LogP contribution in [0.5, 0.6) is 5.75 Å². The number of carbonyl (C=O) groups is 2. The van der Waals surface area contributed by atoms with Gasteiger partial charge in [-0.3, -0.25) is 19.9 Å². The summed E-state index contributed by atoms with van der Waals surface area (Å²) >= 11 is 0. The number of nitro benzene ring substituents is 1. The first-order valence-electron chi connectivity index (χ1n) is 13.0. The molecule has 0 spiro atoms. The number of aliphatic hydroxyl groups is 1. The number of benzene rings is 2. The number of aliphatic hydroxyl groups excluding tert-OH is 1. The third kappa shape index (κ3) is 8.20. The minimum Gasteiger partial charge on any atom is -0.491 e. The van der Waals surface area contributed by atoms with Gasteiger partial charge in [-0.2, -0.15) is 0 Å². The highest BCUT2D eigenvalue weighted by atomic mass is 16.6. The van der Waals surface area contributed by atoms with E-state index in [1.165, 1.54) is 25.3 Å². The van der Waals surface area contributed by atoms with Crippen molar-refractivity contribution in [1.82, 2.24) is 5.32 Å². The number of methoxy groups -OCH3 is 1. The lowest BCUT2D eigenvalue weighted by Crippen LogP contribution is -2.36. The molecule has 40 heavy (non-hydrogen) atoms. The lowest BCUT2D eigenvalue weighted by atomic mass is 9.75. The average Bonchev–Trinajstić information content (AvgIpc) is 2.95. The van der Waals surface area contributed by atoms with Gasteiger partial charge in [0.2, 0.25) is 0 Å². The van der Waals surface area contributed by atoms with Crippen molar-refractivity contribution in [2.45, 2.75) is 38.7 Å². The molecule has 1 heterocycles. The lowest BCUT2D eigenvalue weighted by Gasteiger charge is -2.31. The van der Waals surface area contributed by atoms with Gasteiger partial charge in [-0.25, -0.2) is 4.79 Å². The van der Waals surface area contributed by atoms with Gasteiger partial charge >= 0.3 is 11.9 Å². The molecule has 214 valence electrons. The smallest absolute Gasteiger partial charge is 0.336 e. The molecule has 0 radical (unpaired) electrons. The standard InChI is InChI=1S/C29H35N3O8/c1-19-25(28(34)38-3)27(21-10-9-11-22(16-21)32(36)37)26(20(2)31-19)29(35)39-15-8-7-14-30-17-23(33)18-40-24-12-5-4-6-13-24/h4-6,9-13,16,23,25,27,30,33H,7-8,14-15,17-18H2,1-3H3. The molecule has 0 amide bonds. The Bertz CT molecular complexity index is 1240. The number of non-ortho nitro benzene ring substituents is 1.